The number of fused-ring (bicyclic) bond motifs is 3. The van der Waals surface area contributed by atoms with Gasteiger partial charge in [0.2, 0.25) is 0 Å². The molecule has 0 bridgehead atoms. The summed E-state index contributed by atoms with van der Waals surface area (Å²) in [6.45, 7) is 0. The molecule has 0 unspecified atom stereocenters. The summed E-state index contributed by atoms with van der Waals surface area (Å²) in [6, 6.07) is 31.4. The molecule has 5 aromatic rings. The minimum Gasteiger partial charge on any atom is -0.291 e. The molecule has 2 saturated carbocycles. The average Bonchev–Trinajstić information content (AvgIpc) is 3.38. The van der Waals surface area contributed by atoms with Gasteiger partial charge in [-0.25, -0.2) is 4.98 Å². The van der Waals surface area contributed by atoms with Gasteiger partial charge in [0.1, 0.15) is 5.82 Å². The molecule has 2 fully saturated rings. The minimum absolute atomic E-state index is 0.628. The predicted octanol–water partition coefficient (Wildman–Crippen LogP) is 9.94. The van der Waals surface area contributed by atoms with E-state index in [0.29, 0.717) is 11.8 Å². The molecule has 1 heterocycles. The van der Waals surface area contributed by atoms with Crippen LogP contribution in [0.25, 0.3) is 38.9 Å². The Labute approximate surface area is 220 Å². The number of hydrogen-bond acceptors (Lipinski definition) is 1. The molecule has 4 aromatic carbocycles. The highest BCUT2D eigenvalue weighted by Crippen LogP contribution is 2.45. The van der Waals surface area contributed by atoms with E-state index in [0.717, 1.165) is 11.3 Å². The summed E-state index contributed by atoms with van der Waals surface area (Å²) in [6.07, 6.45) is 13.3. The summed E-state index contributed by atoms with van der Waals surface area (Å²) in [4.78, 5) is 5.34. The van der Waals surface area contributed by atoms with Gasteiger partial charge >= 0.3 is 0 Å². The fourth-order valence-electron chi connectivity index (χ4n) is 7.16. The minimum atomic E-state index is 0.628. The first-order valence-corrected chi connectivity index (χ1v) is 14.5. The Morgan fingerprint density at radius 3 is 1.86 bits per heavy atom. The molecule has 0 amide bonds. The fraction of sp³-hybridized carbons (Fsp3) is 0.343. The second-order valence-corrected chi connectivity index (χ2v) is 11.2. The molecule has 0 N–H and O–H groups in total. The number of benzene rings is 4. The van der Waals surface area contributed by atoms with Crippen LogP contribution in [0.3, 0.4) is 0 Å². The Morgan fingerprint density at radius 2 is 1.19 bits per heavy atom. The summed E-state index contributed by atoms with van der Waals surface area (Å²) in [5.74, 6) is 2.33. The molecule has 0 spiro atoms. The predicted molar refractivity (Wildman–Crippen MR) is 156 cm³/mol. The molecule has 0 atom stereocenters. The molecule has 2 aliphatic carbocycles. The summed E-state index contributed by atoms with van der Waals surface area (Å²) in [5, 5.41) is 2.58. The lowest BCUT2D eigenvalue weighted by atomic mass is 9.78. The molecule has 7 rings (SSSR count). The molecule has 1 aromatic heterocycles. The maximum Gasteiger partial charge on any atom is 0.145 e. The Balaban J connectivity index is 1.59. The van der Waals surface area contributed by atoms with Crippen molar-refractivity contribution in [1.82, 2.24) is 9.55 Å². The lowest BCUT2D eigenvalue weighted by Crippen LogP contribution is -2.15. The zero-order valence-electron chi connectivity index (χ0n) is 21.7. The van der Waals surface area contributed by atoms with Crippen LogP contribution in [0, 0.1) is 0 Å². The molecular weight excluding hydrogens is 448 g/mol. The quantitative estimate of drug-likeness (QED) is 0.248. The monoisotopic (exact) mass is 484 g/mol. The molecule has 2 nitrogen and oxygen atoms in total. The van der Waals surface area contributed by atoms with Crippen LogP contribution in [0.1, 0.15) is 87.2 Å². The van der Waals surface area contributed by atoms with E-state index in [1.165, 1.54) is 91.7 Å². The van der Waals surface area contributed by atoms with E-state index in [9.17, 15) is 0 Å². The van der Waals surface area contributed by atoms with Gasteiger partial charge in [0.25, 0.3) is 0 Å². The van der Waals surface area contributed by atoms with E-state index in [-0.39, 0.29) is 0 Å². The maximum atomic E-state index is 5.34. The van der Waals surface area contributed by atoms with Crippen LogP contribution in [-0.4, -0.2) is 9.55 Å². The van der Waals surface area contributed by atoms with E-state index in [4.69, 9.17) is 4.98 Å². The molecule has 0 radical (unpaired) electrons. The highest BCUT2D eigenvalue weighted by molar-refractivity contribution is 6.06. The standard InChI is InChI=1S/C35H36N2/c1-4-13-25(14-5-1)29-21-12-22-30(26-15-6-2-7-16-26)33(29)37-34-31-20-11-10-17-27(31)23-24-32(34)36-35(37)28-18-8-3-9-19-28/h3,8-12,17-26H,1-2,4-7,13-16H2. The third-order valence-corrected chi connectivity index (χ3v) is 8.99. The molecule has 0 saturated heterocycles. The Bertz CT molecular complexity index is 1500. The number of hydrogen-bond donors (Lipinski definition) is 0. The van der Waals surface area contributed by atoms with Gasteiger partial charge < -0.3 is 0 Å². The van der Waals surface area contributed by atoms with E-state index < -0.39 is 0 Å². The summed E-state index contributed by atoms with van der Waals surface area (Å²) < 4.78 is 2.58. The van der Waals surface area contributed by atoms with Crippen molar-refractivity contribution in [3.63, 3.8) is 0 Å². The third kappa shape index (κ3) is 4.07. The van der Waals surface area contributed by atoms with Crippen LogP contribution in [0.15, 0.2) is 84.9 Å². The van der Waals surface area contributed by atoms with Gasteiger partial charge in [-0.3, -0.25) is 4.57 Å². The third-order valence-electron chi connectivity index (χ3n) is 8.99. The first-order chi connectivity index (χ1) is 18.4. The van der Waals surface area contributed by atoms with Gasteiger partial charge in [-0.2, -0.15) is 0 Å². The smallest absolute Gasteiger partial charge is 0.145 e. The number of rotatable bonds is 4. The second-order valence-electron chi connectivity index (χ2n) is 11.2. The van der Waals surface area contributed by atoms with Crippen LogP contribution in [0.2, 0.25) is 0 Å². The number of aromatic nitrogens is 2. The Morgan fingerprint density at radius 1 is 0.568 bits per heavy atom. The van der Waals surface area contributed by atoms with E-state index >= 15 is 0 Å². The Kier molecular flexibility index (Phi) is 6.04. The van der Waals surface area contributed by atoms with Gasteiger partial charge in [0.15, 0.2) is 0 Å². The Hall–Kier alpha value is -3.39. The van der Waals surface area contributed by atoms with Crippen molar-refractivity contribution in [1.29, 1.82) is 0 Å². The van der Waals surface area contributed by atoms with Crippen LogP contribution < -0.4 is 0 Å². The zero-order chi connectivity index (χ0) is 24.6. The van der Waals surface area contributed by atoms with Crippen molar-refractivity contribution in [2.75, 3.05) is 0 Å². The van der Waals surface area contributed by atoms with Gasteiger partial charge in [0, 0.05) is 10.9 Å². The lowest BCUT2D eigenvalue weighted by molar-refractivity contribution is 0.434. The summed E-state index contributed by atoms with van der Waals surface area (Å²) in [7, 11) is 0. The summed E-state index contributed by atoms with van der Waals surface area (Å²) in [5.41, 5.74) is 8.08. The second kappa shape index (κ2) is 9.82. The zero-order valence-corrected chi connectivity index (χ0v) is 21.7. The molecular formula is C35H36N2. The van der Waals surface area contributed by atoms with Crippen molar-refractivity contribution >= 4 is 21.8 Å². The van der Waals surface area contributed by atoms with Gasteiger partial charge in [-0.1, -0.05) is 117 Å². The van der Waals surface area contributed by atoms with E-state index in [2.05, 4.69) is 89.5 Å². The topological polar surface area (TPSA) is 17.8 Å². The van der Waals surface area contributed by atoms with Crippen molar-refractivity contribution < 1.29 is 0 Å². The van der Waals surface area contributed by atoms with Gasteiger partial charge in [-0.15, -0.1) is 0 Å². The van der Waals surface area contributed by atoms with Crippen molar-refractivity contribution in [3.05, 3.63) is 96.1 Å². The van der Waals surface area contributed by atoms with Crippen LogP contribution in [0.4, 0.5) is 0 Å². The first-order valence-electron chi connectivity index (χ1n) is 14.5. The normalized spacial score (nSPS) is 17.5. The largest absolute Gasteiger partial charge is 0.291 e. The molecule has 0 aliphatic heterocycles. The highest BCUT2D eigenvalue weighted by atomic mass is 15.1. The van der Waals surface area contributed by atoms with Crippen molar-refractivity contribution in [2.45, 2.75) is 76.0 Å². The van der Waals surface area contributed by atoms with Crippen LogP contribution >= 0.6 is 0 Å². The number of nitrogens with zero attached hydrogens (tertiary/aromatic N) is 2. The SMILES string of the molecule is c1ccc(-c2nc3ccc4ccccc4c3n2-c2c(C3CCCCC3)cccc2C2CCCCC2)cc1. The van der Waals surface area contributed by atoms with Crippen molar-refractivity contribution in [2.24, 2.45) is 0 Å². The first kappa shape index (κ1) is 22.8. The highest BCUT2D eigenvalue weighted by Gasteiger charge is 2.28. The average molecular weight is 485 g/mol. The van der Waals surface area contributed by atoms with Crippen molar-refractivity contribution in [3.8, 4) is 17.1 Å². The van der Waals surface area contributed by atoms with Crippen LogP contribution in [0.5, 0.6) is 0 Å². The number of para-hydroxylation sites is 1. The fourth-order valence-corrected chi connectivity index (χ4v) is 7.16. The molecule has 37 heavy (non-hydrogen) atoms. The van der Waals surface area contributed by atoms with Gasteiger partial charge in [-0.05, 0) is 60.1 Å². The lowest BCUT2D eigenvalue weighted by Gasteiger charge is -2.31. The summed E-state index contributed by atoms with van der Waals surface area (Å²) >= 11 is 0. The molecule has 2 heteroatoms. The van der Waals surface area contributed by atoms with Crippen LogP contribution in [-0.2, 0) is 0 Å². The maximum absolute atomic E-state index is 5.34. The molecule has 2 aliphatic rings. The molecule has 186 valence electrons. The number of imidazole rings is 1. The van der Waals surface area contributed by atoms with Gasteiger partial charge in [0.05, 0.1) is 16.7 Å². The van der Waals surface area contributed by atoms with E-state index in [1.54, 1.807) is 11.1 Å². The van der Waals surface area contributed by atoms with E-state index in [1.807, 2.05) is 0 Å².